The van der Waals surface area contributed by atoms with Gasteiger partial charge in [0.25, 0.3) is 0 Å². The molecular formula is C13H11Br2ClO2. The number of halogens is 3. The number of hydrogen-bond donors (Lipinski definition) is 2. The highest BCUT2D eigenvalue weighted by Gasteiger charge is 1.99. The van der Waals surface area contributed by atoms with E-state index < -0.39 is 0 Å². The Kier molecular flexibility index (Phi) is 5.99. The molecule has 0 bridgehead atoms. The number of aromatic hydroxyl groups is 2. The van der Waals surface area contributed by atoms with Crippen molar-refractivity contribution in [3.63, 3.8) is 0 Å². The summed E-state index contributed by atoms with van der Waals surface area (Å²) in [7, 11) is 0. The Morgan fingerprint density at radius 1 is 0.889 bits per heavy atom. The van der Waals surface area contributed by atoms with Crippen LogP contribution in [-0.4, -0.2) is 10.2 Å². The molecule has 0 radical (unpaired) electrons. The second-order valence-corrected chi connectivity index (χ2v) is 5.54. The highest BCUT2D eigenvalue weighted by molar-refractivity contribution is 9.10. The molecule has 0 amide bonds. The molecule has 0 aliphatic rings. The zero-order chi connectivity index (χ0) is 13.7. The zero-order valence-corrected chi connectivity index (χ0v) is 13.4. The molecule has 2 N–H and O–H groups in total. The molecule has 0 spiro atoms. The van der Waals surface area contributed by atoms with Crippen molar-refractivity contribution in [2.45, 2.75) is 6.92 Å². The van der Waals surface area contributed by atoms with E-state index in [1.165, 1.54) is 6.07 Å². The van der Waals surface area contributed by atoms with Crippen molar-refractivity contribution in [1.82, 2.24) is 0 Å². The van der Waals surface area contributed by atoms with Crippen molar-refractivity contribution in [3.05, 3.63) is 55.9 Å². The Balaban J connectivity index is 0.000000180. The van der Waals surface area contributed by atoms with Crippen LogP contribution >= 0.6 is 43.5 Å². The van der Waals surface area contributed by atoms with Crippen LogP contribution in [0, 0.1) is 6.92 Å². The minimum Gasteiger partial charge on any atom is -0.508 e. The summed E-state index contributed by atoms with van der Waals surface area (Å²) in [5.74, 6) is 0.440. The molecule has 0 heterocycles. The van der Waals surface area contributed by atoms with E-state index in [1.807, 2.05) is 13.0 Å². The highest BCUT2D eigenvalue weighted by atomic mass is 79.9. The monoisotopic (exact) mass is 392 g/mol. The molecule has 0 saturated heterocycles. The maximum Gasteiger partial charge on any atom is 0.135 e. The van der Waals surface area contributed by atoms with Gasteiger partial charge in [-0.15, -0.1) is 0 Å². The minimum atomic E-state index is 0.103. The van der Waals surface area contributed by atoms with Crippen LogP contribution < -0.4 is 0 Å². The number of hydrogen-bond acceptors (Lipinski definition) is 2. The second-order valence-electron chi connectivity index (χ2n) is 3.46. The van der Waals surface area contributed by atoms with Crippen LogP contribution in [-0.2, 0) is 0 Å². The van der Waals surface area contributed by atoms with Gasteiger partial charge < -0.3 is 10.2 Å². The first-order valence-corrected chi connectivity index (χ1v) is 6.97. The van der Waals surface area contributed by atoms with Gasteiger partial charge in [-0.2, -0.15) is 0 Å². The minimum absolute atomic E-state index is 0.103. The fourth-order valence-electron chi connectivity index (χ4n) is 1.09. The lowest BCUT2D eigenvalue weighted by Crippen LogP contribution is -1.74. The molecule has 2 rings (SSSR count). The number of phenols is 2. The van der Waals surface area contributed by atoms with Gasteiger partial charge in [0.05, 0.1) is 5.02 Å². The lowest BCUT2D eigenvalue weighted by atomic mass is 10.2. The maximum atomic E-state index is 9.07. The van der Waals surface area contributed by atoms with Crippen LogP contribution in [0.1, 0.15) is 5.56 Å². The molecule has 2 nitrogen and oxygen atoms in total. The molecule has 0 saturated carbocycles. The Labute approximate surface area is 127 Å². The van der Waals surface area contributed by atoms with Gasteiger partial charge in [-0.25, -0.2) is 0 Å². The van der Waals surface area contributed by atoms with Crippen LogP contribution in [0.5, 0.6) is 11.5 Å². The summed E-state index contributed by atoms with van der Waals surface area (Å²) < 4.78 is 1.66. The van der Waals surface area contributed by atoms with Gasteiger partial charge in [0.2, 0.25) is 0 Å². The molecule has 0 aliphatic heterocycles. The van der Waals surface area contributed by atoms with Gasteiger partial charge in [-0.1, -0.05) is 39.7 Å². The van der Waals surface area contributed by atoms with Crippen molar-refractivity contribution in [1.29, 1.82) is 0 Å². The molecule has 0 atom stereocenters. The predicted octanol–water partition coefficient (Wildman–Crippen LogP) is 5.27. The third-order valence-corrected chi connectivity index (χ3v) is 4.32. The third kappa shape index (κ3) is 4.19. The Bertz CT molecular complexity index is 455. The van der Waals surface area contributed by atoms with E-state index in [0.717, 1.165) is 10.0 Å². The molecule has 5 heteroatoms. The van der Waals surface area contributed by atoms with Crippen LogP contribution in [0.15, 0.2) is 45.3 Å². The topological polar surface area (TPSA) is 40.5 Å². The summed E-state index contributed by atoms with van der Waals surface area (Å²) in [5.41, 5.74) is 0.887. The van der Waals surface area contributed by atoms with Gasteiger partial charge in [-0.3, -0.25) is 0 Å². The highest BCUT2D eigenvalue weighted by Crippen LogP contribution is 2.30. The molecule has 96 valence electrons. The largest absolute Gasteiger partial charge is 0.508 e. The average molecular weight is 394 g/mol. The summed E-state index contributed by atoms with van der Waals surface area (Å²) >= 11 is 12.0. The van der Waals surface area contributed by atoms with Gasteiger partial charge in [0.15, 0.2) is 0 Å². The smallest absolute Gasteiger partial charge is 0.135 e. The maximum absolute atomic E-state index is 9.07. The molecule has 2 aromatic rings. The van der Waals surface area contributed by atoms with Crippen molar-refractivity contribution in [3.8, 4) is 11.5 Å². The lowest BCUT2D eigenvalue weighted by molar-refractivity contribution is 0.470. The average Bonchev–Trinajstić information content (AvgIpc) is 2.34. The molecular weight excluding hydrogens is 383 g/mol. The summed E-state index contributed by atoms with van der Waals surface area (Å²) in [5, 5.41) is 18.4. The fraction of sp³-hybridized carbons (Fsp3) is 0.0769. The van der Waals surface area contributed by atoms with E-state index in [9.17, 15) is 0 Å². The number of phenolic OH excluding ortho intramolecular Hbond substituents is 2. The third-order valence-electron chi connectivity index (χ3n) is 2.17. The number of rotatable bonds is 0. The van der Waals surface area contributed by atoms with Crippen LogP contribution in [0.4, 0.5) is 0 Å². The van der Waals surface area contributed by atoms with E-state index in [1.54, 1.807) is 24.3 Å². The first-order valence-electron chi connectivity index (χ1n) is 5.00. The van der Waals surface area contributed by atoms with Crippen LogP contribution in [0.25, 0.3) is 0 Å². The first-order chi connectivity index (χ1) is 8.43. The van der Waals surface area contributed by atoms with E-state index in [-0.39, 0.29) is 5.75 Å². The normalized spacial score (nSPS) is 9.56. The Hall–Kier alpha value is -0.710. The van der Waals surface area contributed by atoms with Gasteiger partial charge in [-0.05, 0) is 47.1 Å². The van der Waals surface area contributed by atoms with Gasteiger partial charge >= 0.3 is 0 Å². The summed E-state index contributed by atoms with van der Waals surface area (Å²) in [6, 6.07) is 10.4. The van der Waals surface area contributed by atoms with Crippen molar-refractivity contribution >= 4 is 43.5 Å². The van der Waals surface area contributed by atoms with Crippen molar-refractivity contribution < 1.29 is 10.2 Å². The van der Waals surface area contributed by atoms with E-state index in [4.69, 9.17) is 21.8 Å². The molecule has 0 aromatic heterocycles. The quantitative estimate of drug-likeness (QED) is 0.639. The second kappa shape index (κ2) is 7.02. The lowest BCUT2D eigenvalue weighted by Gasteiger charge is -1.97. The predicted molar refractivity (Wildman–Crippen MR) is 81.4 cm³/mol. The van der Waals surface area contributed by atoms with Crippen molar-refractivity contribution in [2.75, 3.05) is 0 Å². The molecule has 0 aliphatic carbocycles. The Morgan fingerprint density at radius 3 is 1.78 bits per heavy atom. The van der Waals surface area contributed by atoms with Crippen LogP contribution in [0.2, 0.25) is 5.02 Å². The molecule has 0 fully saturated rings. The number of benzene rings is 2. The molecule has 18 heavy (non-hydrogen) atoms. The van der Waals surface area contributed by atoms with Gasteiger partial charge in [0.1, 0.15) is 11.5 Å². The Morgan fingerprint density at radius 2 is 1.39 bits per heavy atom. The van der Waals surface area contributed by atoms with E-state index >= 15 is 0 Å². The fourth-order valence-corrected chi connectivity index (χ4v) is 1.93. The SMILES string of the molecule is Cc1c(O)cccc1Br.Oc1cccc(Br)c1Cl. The molecule has 2 aromatic carbocycles. The summed E-state index contributed by atoms with van der Waals surface area (Å²) in [6.45, 7) is 1.86. The standard InChI is InChI=1S/C7H7BrO.C6H4BrClO/c1-5-6(8)3-2-4-7(5)9;7-4-2-1-3-5(9)6(4)8/h2-4,9H,1H3;1-3,9H. The van der Waals surface area contributed by atoms with Crippen molar-refractivity contribution in [2.24, 2.45) is 0 Å². The zero-order valence-electron chi connectivity index (χ0n) is 9.49. The summed E-state index contributed by atoms with van der Waals surface area (Å²) in [4.78, 5) is 0. The van der Waals surface area contributed by atoms with E-state index in [0.29, 0.717) is 15.2 Å². The summed E-state index contributed by atoms with van der Waals surface area (Å²) in [6.07, 6.45) is 0. The first kappa shape index (κ1) is 15.3. The van der Waals surface area contributed by atoms with Gasteiger partial charge in [0, 0.05) is 14.5 Å². The van der Waals surface area contributed by atoms with Crippen LogP contribution in [0.3, 0.4) is 0 Å². The van der Waals surface area contributed by atoms with E-state index in [2.05, 4.69) is 31.9 Å². The molecule has 0 unspecified atom stereocenters.